The molecule has 172 valence electrons. The highest BCUT2D eigenvalue weighted by Gasteiger charge is 2.09. The molecule has 0 fully saturated rings. The Hall–Kier alpha value is -2.74. The lowest BCUT2D eigenvalue weighted by Crippen LogP contribution is -2.25. The monoisotopic (exact) mass is 549 g/mol. The second kappa shape index (κ2) is 12.5. The van der Waals surface area contributed by atoms with Crippen molar-refractivity contribution < 1.29 is 14.3 Å². The molecule has 0 radical (unpaired) electrons. The Balaban J connectivity index is 1.56. The number of carbonyl (C=O) groups is 1. The summed E-state index contributed by atoms with van der Waals surface area (Å²) in [6, 6.07) is 18.2. The zero-order valence-electron chi connectivity index (χ0n) is 17.8. The van der Waals surface area contributed by atoms with Crippen LogP contribution in [0.5, 0.6) is 11.5 Å². The maximum absolute atomic E-state index is 12.0. The fourth-order valence-electron chi connectivity index (χ4n) is 2.76. The van der Waals surface area contributed by atoms with Crippen LogP contribution in [-0.4, -0.2) is 25.3 Å². The molecule has 0 aliphatic heterocycles. The molecule has 0 unspecified atom stereocenters. The molecule has 6 nitrogen and oxygen atoms in total. The summed E-state index contributed by atoms with van der Waals surface area (Å²) in [5, 5.41) is 8.15. The molecule has 1 amide bonds. The fourth-order valence-corrected chi connectivity index (χ4v) is 3.48. The summed E-state index contributed by atoms with van der Waals surface area (Å²) in [6.45, 7) is 2.73. The molecule has 0 aliphatic rings. The first-order chi connectivity index (χ1) is 15.9. The van der Waals surface area contributed by atoms with Crippen molar-refractivity contribution in [2.45, 2.75) is 13.5 Å². The number of hydrogen-bond donors (Lipinski definition) is 2. The molecular formula is C24H22BrCl2N3O3. The van der Waals surface area contributed by atoms with Crippen LogP contribution in [0.2, 0.25) is 10.0 Å². The predicted molar refractivity (Wildman–Crippen MR) is 137 cm³/mol. The van der Waals surface area contributed by atoms with Gasteiger partial charge in [-0.25, -0.2) is 5.43 Å². The number of rotatable bonds is 10. The van der Waals surface area contributed by atoms with Crippen LogP contribution in [0.15, 0.2) is 70.2 Å². The molecule has 3 aromatic rings. The third-order valence-corrected chi connectivity index (χ3v) is 5.48. The van der Waals surface area contributed by atoms with Crippen LogP contribution >= 0.6 is 39.1 Å². The summed E-state index contributed by atoms with van der Waals surface area (Å²) in [4.78, 5) is 12.0. The van der Waals surface area contributed by atoms with Gasteiger partial charge in [-0.05, 0) is 67.1 Å². The first-order valence-corrected chi connectivity index (χ1v) is 11.6. The van der Waals surface area contributed by atoms with Gasteiger partial charge in [0.05, 0.1) is 19.4 Å². The maximum Gasteiger partial charge on any atom is 0.259 e. The van der Waals surface area contributed by atoms with Gasteiger partial charge in [0.2, 0.25) is 0 Å². The van der Waals surface area contributed by atoms with E-state index in [-0.39, 0.29) is 19.1 Å². The van der Waals surface area contributed by atoms with Gasteiger partial charge in [-0.2, -0.15) is 5.10 Å². The highest BCUT2D eigenvalue weighted by Crippen LogP contribution is 2.30. The van der Waals surface area contributed by atoms with Crippen LogP contribution < -0.4 is 20.2 Å². The van der Waals surface area contributed by atoms with Crippen LogP contribution in [0.25, 0.3) is 0 Å². The Bertz CT molecular complexity index is 1120. The number of nitrogens with one attached hydrogen (secondary N) is 2. The van der Waals surface area contributed by atoms with Crippen molar-refractivity contribution in [3.63, 3.8) is 0 Å². The average Bonchev–Trinajstić information content (AvgIpc) is 2.79. The molecule has 0 saturated heterocycles. The largest absolute Gasteiger partial charge is 0.490 e. The van der Waals surface area contributed by atoms with Crippen molar-refractivity contribution in [2.24, 2.45) is 5.10 Å². The molecule has 3 aromatic carbocycles. The van der Waals surface area contributed by atoms with Gasteiger partial charge in [0, 0.05) is 25.8 Å². The first-order valence-electron chi connectivity index (χ1n) is 10.1. The number of nitrogens with zero attached hydrogens (tertiary/aromatic N) is 1. The summed E-state index contributed by atoms with van der Waals surface area (Å²) in [5.41, 5.74) is 4.90. The lowest BCUT2D eigenvalue weighted by molar-refractivity contribution is -0.119. The SMILES string of the molecule is CCOc1cc(/C=N\NC(=O)CNc2ccc(Br)cc2)ccc1OCc1ccc(Cl)cc1Cl. The van der Waals surface area contributed by atoms with Gasteiger partial charge in [0.1, 0.15) is 6.61 Å². The summed E-state index contributed by atoms with van der Waals surface area (Å²) in [6.07, 6.45) is 1.54. The number of anilines is 1. The van der Waals surface area contributed by atoms with E-state index in [2.05, 4.69) is 31.8 Å². The molecule has 33 heavy (non-hydrogen) atoms. The van der Waals surface area contributed by atoms with Gasteiger partial charge in [0.15, 0.2) is 11.5 Å². The normalized spacial score (nSPS) is 10.8. The molecule has 0 atom stereocenters. The standard InChI is InChI=1S/C24H22BrCl2N3O3/c1-2-32-23-11-16(3-10-22(23)33-15-17-4-7-19(26)12-21(17)27)13-29-30-24(31)14-28-20-8-5-18(25)6-9-20/h3-13,28H,2,14-15H2,1H3,(H,30,31)/b29-13-. The molecule has 3 rings (SSSR count). The molecule has 9 heteroatoms. The lowest BCUT2D eigenvalue weighted by atomic mass is 10.2. The maximum atomic E-state index is 12.0. The number of hydrazone groups is 1. The van der Waals surface area contributed by atoms with Gasteiger partial charge in [-0.1, -0.05) is 45.2 Å². The predicted octanol–water partition coefficient (Wildman–Crippen LogP) is 6.30. The van der Waals surface area contributed by atoms with Crippen LogP contribution in [0.4, 0.5) is 5.69 Å². The highest BCUT2D eigenvalue weighted by atomic mass is 79.9. The Morgan fingerprint density at radius 1 is 1.03 bits per heavy atom. The first kappa shape index (κ1) is 24.9. The van der Waals surface area contributed by atoms with Crippen LogP contribution in [-0.2, 0) is 11.4 Å². The minimum Gasteiger partial charge on any atom is -0.490 e. The minimum atomic E-state index is -0.265. The number of amides is 1. The van der Waals surface area contributed by atoms with Crippen LogP contribution in [0, 0.1) is 0 Å². The van der Waals surface area contributed by atoms with Crippen molar-refractivity contribution >= 4 is 56.9 Å². The quantitative estimate of drug-likeness (QED) is 0.230. The Kier molecular flexibility index (Phi) is 9.42. The topological polar surface area (TPSA) is 72.0 Å². The van der Waals surface area contributed by atoms with E-state index in [9.17, 15) is 4.79 Å². The minimum absolute atomic E-state index is 0.100. The number of halogens is 3. The Morgan fingerprint density at radius 2 is 1.82 bits per heavy atom. The summed E-state index contributed by atoms with van der Waals surface area (Å²) in [5.74, 6) is 0.872. The number of hydrogen-bond acceptors (Lipinski definition) is 5. The second-order valence-electron chi connectivity index (χ2n) is 6.82. The van der Waals surface area contributed by atoms with E-state index < -0.39 is 0 Å². The molecule has 0 aromatic heterocycles. The van der Waals surface area contributed by atoms with E-state index in [4.69, 9.17) is 32.7 Å². The van der Waals surface area contributed by atoms with Gasteiger partial charge in [-0.3, -0.25) is 4.79 Å². The van der Waals surface area contributed by atoms with Gasteiger partial charge in [0.25, 0.3) is 5.91 Å². The van der Waals surface area contributed by atoms with E-state index in [1.165, 1.54) is 0 Å². The number of ether oxygens (including phenoxy) is 2. The van der Waals surface area contributed by atoms with Gasteiger partial charge in [-0.15, -0.1) is 0 Å². The van der Waals surface area contributed by atoms with Crippen LogP contribution in [0.1, 0.15) is 18.1 Å². The van der Waals surface area contributed by atoms with Crippen molar-refractivity contribution in [3.8, 4) is 11.5 Å². The average molecular weight is 551 g/mol. The molecule has 0 bridgehead atoms. The molecular weight excluding hydrogens is 529 g/mol. The van der Waals surface area contributed by atoms with Crippen molar-refractivity contribution in [2.75, 3.05) is 18.5 Å². The summed E-state index contributed by atoms with van der Waals surface area (Å²) >= 11 is 15.5. The summed E-state index contributed by atoms with van der Waals surface area (Å²) < 4.78 is 12.6. The number of benzene rings is 3. The van der Waals surface area contributed by atoms with E-state index in [1.807, 2.05) is 43.3 Å². The molecule has 0 saturated carbocycles. The van der Waals surface area contributed by atoms with Gasteiger partial charge < -0.3 is 14.8 Å². The third-order valence-electron chi connectivity index (χ3n) is 4.37. The van der Waals surface area contributed by atoms with Crippen molar-refractivity contribution in [3.05, 3.63) is 86.3 Å². The molecule has 0 aliphatic carbocycles. The summed E-state index contributed by atoms with van der Waals surface area (Å²) in [7, 11) is 0. The molecule has 0 heterocycles. The van der Waals surface area contributed by atoms with E-state index in [1.54, 1.807) is 30.5 Å². The third kappa shape index (κ3) is 7.96. The smallest absolute Gasteiger partial charge is 0.259 e. The van der Waals surface area contributed by atoms with Crippen molar-refractivity contribution in [1.29, 1.82) is 0 Å². The van der Waals surface area contributed by atoms with E-state index in [0.29, 0.717) is 28.2 Å². The fraction of sp³-hybridized carbons (Fsp3) is 0.167. The second-order valence-corrected chi connectivity index (χ2v) is 8.58. The Labute approximate surface area is 211 Å². The Morgan fingerprint density at radius 3 is 2.55 bits per heavy atom. The van der Waals surface area contributed by atoms with Crippen LogP contribution in [0.3, 0.4) is 0 Å². The van der Waals surface area contributed by atoms with Crippen molar-refractivity contribution in [1.82, 2.24) is 5.43 Å². The van der Waals surface area contributed by atoms with Gasteiger partial charge >= 0.3 is 0 Å². The number of carbonyl (C=O) groups excluding carboxylic acids is 1. The lowest BCUT2D eigenvalue weighted by Gasteiger charge is -2.13. The molecule has 2 N–H and O–H groups in total. The zero-order chi connectivity index (χ0) is 23.6. The molecule has 0 spiro atoms. The zero-order valence-corrected chi connectivity index (χ0v) is 20.9. The van der Waals surface area contributed by atoms with E-state index in [0.717, 1.165) is 21.3 Å². The van der Waals surface area contributed by atoms with E-state index >= 15 is 0 Å². The highest BCUT2D eigenvalue weighted by molar-refractivity contribution is 9.10.